The SMILES string of the molecule is CCCCCCN(CCOc1ccc(CC(OCC)C(=O)O)cc1)C(=O)Oc1ccc(OC(F)(F)F)cc1. The number of carbonyl (C=O) groups is 2. The zero-order valence-electron chi connectivity index (χ0n) is 21.5. The van der Waals surface area contributed by atoms with Gasteiger partial charge < -0.3 is 29.0 Å². The minimum atomic E-state index is -4.81. The largest absolute Gasteiger partial charge is 0.573 e. The number of alkyl halides is 3. The van der Waals surface area contributed by atoms with Crippen molar-refractivity contribution < 1.29 is 46.8 Å². The number of carboxylic acids is 1. The molecule has 1 N–H and O–H groups in total. The van der Waals surface area contributed by atoms with Crippen molar-refractivity contribution in [2.45, 2.75) is 58.4 Å². The van der Waals surface area contributed by atoms with Crippen molar-refractivity contribution in [3.8, 4) is 17.2 Å². The van der Waals surface area contributed by atoms with Gasteiger partial charge >= 0.3 is 18.4 Å². The molecule has 1 atom stereocenters. The lowest BCUT2D eigenvalue weighted by Gasteiger charge is -2.22. The molecule has 210 valence electrons. The fraction of sp³-hybridized carbons (Fsp3) is 0.481. The van der Waals surface area contributed by atoms with E-state index in [9.17, 15) is 27.9 Å². The maximum absolute atomic E-state index is 12.8. The Balaban J connectivity index is 1.92. The van der Waals surface area contributed by atoms with E-state index in [1.54, 1.807) is 31.2 Å². The van der Waals surface area contributed by atoms with Gasteiger partial charge in [0.15, 0.2) is 6.10 Å². The summed E-state index contributed by atoms with van der Waals surface area (Å²) in [6, 6.07) is 11.5. The van der Waals surface area contributed by atoms with Gasteiger partial charge in [-0.1, -0.05) is 38.3 Å². The fourth-order valence-corrected chi connectivity index (χ4v) is 3.53. The van der Waals surface area contributed by atoms with Gasteiger partial charge in [0, 0.05) is 19.6 Å². The molecule has 0 aromatic heterocycles. The summed E-state index contributed by atoms with van der Waals surface area (Å²) in [6.07, 6.45) is -2.38. The molecule has 1 unspecified atom stereocenters. The van der Waals surface area contributed by atoms with Crippen molar-refractivity contribution in [3.63, 3.8) is 0 Å². The van der Waals surface area contributed by atoms with Gasteiger partial charge in [-0.2, -0.15) is 0 Å². The third-order valence-corrected chi connectivity index (χ3v) is 5.42. The van der Waals surface area contributed by atoms with Crippen LogP contribution in [0.2, 0.25) is 0 Å². The Kier molecular flexibility index (Phi) is 12.7. The predicted molar refractivity (Wildman–Crippen MR) is 134 cm³/mol. The average molecular weight is 542 g/mol. The van der Waals surface area contributed by atoms with Gasteiger partial charge in [-0.25, -0.2) is 9.59 Å². The van der Waals surface area contributed by atoms with Crippen molar-refractivity contribution in [2.75, 3.05) is 26.3 Å². The number of ether oxygens (including phenoxy) is 4. The van der Waals surface area contributed by atoms with Crippen molar-refractivity contribution in [1.29, 1.82) is 0 Å². The second kappa shape index (κ2) is 15.7. The standard InChI is InChI=1S/C27H34F3NO7/c1-3-5-6-7-16-31(26(34)37-22-12-14-23(15-13-22)38-27(28,29)30)17-18-36-21-10-8-20(9-11-21)19-24(25(32)33)35-4-2/h8-15,24H,3-7,16-19H2,1-2H3,(H,32,33). The number of unbranched alkanes of at least 4 members (excludes halogenated alkanes) is 3. The van der Waals surface area contributed by atoms with Crippen molar-refractivity contribution in [1.82, 2.24) is 4.90 Å². The smallest absolute Gasteiger partial charge is 0.492 e. The zero-order chi connectivity index (χ0) is 28.0. The van der Waals surface area contributed by atoms with E-state index in [-0.39, 0.29) is 25.3 Å². The average Bonchev–Trinajstić information content (AvgIpc) is 2.86. The summed E-state index contributed by atoms with van der Waals surface area (Å²) in [5.41, 5.74) is 0.783. The van der Waals surface area contributed by atoms with Crippen LogP contribution in [0.25, 0.3) is 0 Å². The molecule has 2 rings (SSSR count). The molecular weight excluding hydrogens is 507 g/mol. The van der Waals surface area contributed by atoms with Crippen LogP contribution in [0.1, 0.15) is 45.1 Å². The van der Waals surface area contributed by atoms with Crippen molar-refractivity contribution in [2.24, 2.45) is 0 Å². The zero-order valence-corrected chi connectivity index (χ0v) is 21.5. The first-order valence-electron chi connectivity index (χ1n) is 12.5. The van der Waals surface area contributed by atoms with Crippen LogP contribution in [-0.2, 0) is 16.0 Å². The van der Waals surface area contributed by atoms with Crippen LogP contribution in [0.5, 0.6) is 17.2 Å². The van der Waals surface area contributed by atoms with Gasteiger partial charge in [0.25, 0.3) is 0 Å². The number of carboxylic acid groups (broad SMARTS) is 1. The minimum absolute atomic E-state index is 0.0892. The third-order valence-electron chi connectivity index (χ3n) is 5.42. The molecule has 0 radical (unpaired) electrons. The molecule has 11 heteroatoms. The molecule has 0 fully saturated rings. The van der Waals surface area contributed by atoms with E-state index in [4.69, 9.17) is 14.2 Å². The molecule has 2 aromatic rings. The maximum atomic E-state index is 12.8. The molecule has 0 spiro atoms. The molecular formula is C27H34F3NO7. The highest BCUT2D eigenvalue weighted by atomic mass is 19.4. The number of hydrogen-bond donors (Lipinski definition) is 1. The molecule has 0 aliphatic rings. The number of nitrogens with zero attached hydrogens (tertiary/aromatic N) is 1. The van der Waals surface area contributed by atoms with Gasteiger partial charge in [0.2, 0.25) is 0 Å². The Morgan fingerprint density at radius 2 is 1.53 bits per heavy atom. The molecule has 0 saturated heterocycles. The number of benzene rings is 2. The van der Waals surface area contributed by atoms with Crippen LogP contribution in [0.4, 0.5) is 18.0 Å². The second-order valence-corrected chi connectivity index (χ2v) is 8.41. The highest BCUT2D eigenvalue weighted by molar-refractivity contribution is 5.72. The summed E-state index contributed by atoms with van der Waals surface area (Å²) in [5.74, 6) is -0.795. The van der Waals surface area contributed by atoms with Crippen molar-refractivity contribution >= 4 is 12.1 Å². The summed E-state index contributed by atoms with van der Waals surface area (Å²) in [5, 5.41) is 9.23. The van der Waals surface area contributed by atoms with Gasteiger partial charge in [0.1, 0.15) is 23.9 Å². The molecule has 0 saturated carbocycles. The second-order valence-electron chi connectivity index (χ2n) is 8.41. The van der Waals surface area contributed by atoms with Crippen LogP contribution in [0.3, 0.4) is 0 Å². The van der Waals surface area contributed by atoms with Gasteiger partial charge in [-0.05, 0) is 55.3 Å². The lowest BCUT2D eigenvalue weighted by atomic mass is 10.1. The highest BCUT2D eigenvalue weighted by Gasteiger charge is 2.31. The van der Waals surface area contributed by atoms with Gasteiger partial charge in [0.05, 0.1) is 6.54 Å². The first-order chi connectivity index (χ1) is 18.1. The van der Waals surface area contributed by atoms with Crippen LogP contribution in [0, 0.1) is 0 Å². The summed E-state index contributed by atoms with van der Waals surface area (Å²) in [4.78, 5) is 25.5. The Morgan fingerprint density at radius 3 is 2.11 bits per heavy atom. The number of halogens is 3. The van der Waals surface area contributed by atoms with E-state index >= 15 is 0 Å². The molecule has 8 nitrogen and oxygen atoms in total. The monoisotopic (exact) mass is 541 g/mol. The molecule has 0 aliphatic carbocycles. The number of aliphatic carboxylic acids is 1. The quantitative estimate of drug-likeness (QED) is 0.258. The van der Waals surface area contributed by atoms with Crippen LogP contribution < -0.4 is 14.2 Å². The van der Waals surface area contributed by atoms with E-state index in [2.05, 4.69) is 11.7 Å². The van der Waals surface area contributed by atoms with E-state index in [0.717, 1.165) is 43.4 Å². The Hall–Kier alpha value is -3.47. The lowest BCUT2D eigenvalue weighted by Crippen LogP contribution is -2.37. The van der Waals surface area contributed by atoms with E-state index in [0.29, 0.717) is 18.9 Å². The minimum Gasteiger partial charge on any atom is -0.492 e. The number of carbonyl (C=O) groups excluding carboxylic acids is 1. The summed E-state index contributed by atoms with van der Waals surface area (Å²) < 4.78 is 57.2. The molecule has 0 aliphatic heterocycles. The number of rotatable bonds is 16. The Bertz CT molecular complexity index is 982. The maximum Gasteiger partial charge on any atom is 0.573 e. The Morgan fingerprint density at radius 1 is 0.895 bits per heavy atom. The molecule has 0 bridgehead atoms. The van der Waals surface area contributed by atoms with E-state index in [1.165, 1.54) is 17.0 Å². The Labute approximate surface area is 220 Å². The topological polar surface area (TPSA) is 94.5 Å². The molecule has 2 aromatic carbocycles. The number of amides is 1. The third kappa shape index (κ3) is 11.7. The fourth-order valence-electron chi connectivity index (χ4n) is 3.53. The normalized spacial score (nSPS) is 12.0. The first-order valence-corrected chi connectivity index (χ1v) is 12.5. The molecule has 1 amide bonds. The predicted octanol–water partition coefficient (Wildman–Crippen LogP) is 6.08. The van der Waals surface area contributed by atoms with Crippen LogP contribution in [0.15, 0.2) is 48.5 Å². The summed E-state index contributed by atoms with van der Waals surface area (Å²) >= 11 is 0. The molecule has 0 heterocycles. The van der Waals surface area contributed by atoms with E-state index in [1.807, 2.05) is 0 Å². The summed E-state index contributed by atoms with van der Waals surface area (Å²) in [6.45, 7) is 4.96. The summed E-state index contributed by atoms with van der Waals surface area (Å²) in [7, 11) is 0. The molecule has 38 heavy (non-hydrogen) atoms. The van der Waals surface area contributed by atoms with Gasteiger partial charge in [-0.3, -0.25) is 0 Å². The number of hydrogen-bond acceptors (Lipinski definition) is 6. The lowest BCUT2D eigenvalue weighted by molar-refractivity contribution is -0.274. The highest BCUT2D eigenvalue weighted by Crippen LogP contribution is 2.25. The van der Waals surface area contributed by atoms with Crippen LogP contribution in [-0.4, -0.2) is 60.8 Å². The van der Waals surface area contributed by atoms with Crippen LogP contribution >= 0.6 is 0 Å². The van der Waals surface area contributed by atoms with E-state index < -0.39 is 30.3 Å². The van der Waals surface area contributed by atoms with Gasteiger partial charge in [-0.15, -0.1) is 13.2 Å². The van der Waals surface area contributed by atoms with Crippen molar-refractivity contribution in [3.05, 3.63) is 54.1 Å². The first kappa shape index (κ1) is 30.8.